The summed E-state index contributed by atoms with van der Waals surface area (Å²) in [6.07, 6.45) is 0. The van der Waals surface area contributed by atoms with Crippen LogP contribution in [0.4, 0.5) is 0 Å². The molecule has 0 aliphatic heterocycles. The van der Waals surface area contributed by atoms with Gasteiger partial charge in [0.2, 0.25) is 10.0 Å². The predicted octanol–water partition coefficient (Wildman–Crippen LogP) is 3.45. The van der Waals surface area contributed by atoms with Gasteiger partial charge in [-0.25, -0.2) is 8.42 Å². The van der Waals surface area contributed by atoms with Gasteiger partial charge >= 0.3 is 5.97 Å². The van der Waals surface area contributed by atoms with Crippen molar-refractivity contribution in [3.8, 4) is 11.5 Å². The highest BCUT2D eigenvalue weighted by Gasteiger charge is 2.22. The van der Waals surface area contributed by atoms with E-state index in [0.717, 1.165) is 5.56 Å². The summed E-state index contributed by atoms with van der Waals surface area (Å²) in [5, 5.41) is 0. The first-order valence-corrected chi connectivity index (χ1v) is 13.9. The van der Waals surface area contributed by atoms with Crippen LogP contribution in [0.1, 0.15) is 15.9 Å². The van der Waals surface area contributed by atoms with Crippen LogP contribution in [-0.2, 0) is 32.6 Å². The molecule has 0 N–H and O–H groups in total. The van der Waals surface area contributed by atoms with Crippen molar-refractivity contribution in [3.05, 3.63) is 82.7 Å². The minimum atomic E-state index is -3.78. The van der Waals surface area contributed by atoms with Gasteiger partial charge < -0.3 is 18.8 Å². The second-order valence-electron chi connectivity index (χ2n) is 8.41. The largest absolute Gasteiger partial charge is 0.493 e. The lowest BCUT2D eigenvalue weighted by atomic mass is 10.2. The normalized spacial score (nSPS) is 12.1. The number of carbonyl (C=O) groups excluding carboxylic acids is 2. The van der Waals surface area contributed by atoms with Crippen LogP contribution in [0, 0.1) is 0 Å². The molecule has 0 unspecified atom stereocenters. The third kappa shape index (κ3) is 6.03. The first kappa shape index (κ1) is 28.0. The Hall–Kier alpha value is -4.00. The quantitative estimate of drug-likeness (QED) is 0.284. The molecule has 0 bridgehead atoms. The van der Waals surface area contributed by atoms with Crippen molar-refractivity contribution < 1.29 is 32.2 Å². The van der Waals surface area contributed by atoms with Gasteiger partial charge in [-0.1, -0.05) is 41.7 Å². The van der Waals surface area contributed by atoms with Crippen LogP contribution in [-0.4, -0.2) is 57.5 Å². The fourth-order valence-corrected chi connectivity index (χ4v) is 6.05. The SMILES string of the molecule is COC(=O)Cn1c(=NC(=O)c2ccc(S(=O)(=O)N(C)Cc3ccccc3)cc2)sc2cc(OC)c(OC)cc21. The zero-order valence-electron chi connectivity index (χ0n) is 21.8. The van der Waals surface area contributed by atoms with Crippen LogP contribution in [0.2, 0.25) is 0 Å². The van der Waals surface area contributed by atoms with Gasteiger partial charge in [0, 0.05) is 31.3 Å². The number of benzene rings is 3. The highest BCUT2D eigenvalue weighted by atomic mass is 32.2. The molecule has 1 heterocycles. The summed E-state index contributed by atoms with van der Waals surface area (Å²) in [4.78, 5) is 29.8. The second kappa shape index (κ2) is 11.8. The monoisotopic (exact) mass is 569 g/mol. The molecular weight excluding hydrogens is 542 g/mol. The fraction of sp³-hybridized carbons (Fsp3) is 0.222. The van der Waals surface area contributed by atoms with E-state index in [0.29, 0.717) is 21.7 Å². The number of thiazole rings is 1. The molecule has 0 radical (unpaired) electrons. The van der Waals surface area contributed by atoms with E-state index in [1.165, 1.54) is 68.3 Å². The summed E-state index contributed by atoms with van der Waals surface area (Å²) in [5.41, 5.74) is 1.65. The molecule has 0 atom stereocenters. The van der Waals surface area contributed by atoms with E-state index in [9.17, 15) is 18.0 Å². The fourth-order valence-electron chi connectivity index (χ4n) is 3.85. The Balaban J connectivity index is 1.67. The highest BCUT2D eigenvalue weighted by Crippen LogP contribution is 2.33. The average molecular weight is 570 g/mol. The molecule has 0 saturated heterocycles. The van der Waals surface area contributed by atoms with Crippen LogP contribution >= 0.6 is 11.3 Å². The van der Waals surface area contributed by atoms with Crippen LogP contribution in [0.5, 0.6) is 11.5 Å². The molecule has 3 aromatic carbocycles. The molecular formula is C27H27N3O7S2. The second-order valence-corrected chi connectivity index (χ2v) is 11.5. The maximum atomic E-state index is 13.1. The van der Waals surface area contributed by atoms with Crippen molar-refractivity contribution in [1.82, 2.24) is 8.87 Å². The number of hydrogen-bond acceptors (Lipinski definition) is 8. The summed E-state index contributed by atoms with van der Waals surface area (Å²) in [7, 11) is 2.01. The molecule has 4 rings (SSSR count). The zero-order chi connectivity index (χ0) is 28.2. The molecule has 10 nitrogen and oxygen atoms in total. The minimum absolute atomic E-state index is 0.0549. The van der Waals surface area contributed by atoms with Crippen LogP contribution in [0.15, 0.2) is 76.6 Å². The Morgan fingerprint density at radius 3 is 2.21 bits per heavy atom. The maximum absolute atomic E-state index is 13.1. The smallest absolute Gasteiger partial charge is 0.325 e. The number of esters is 1. The molecule has 0 aliphatic carbocycles. The average Bonchev–Trinajstić information content (AvgIpc) is 3.27. The van der Waals surface area contributed by atoms with Gasteiger partial charge in [-0.05, 0) is 29.8 Å². The summed E-state index contributed by atoms with van der Waals surface area (Å²) in [6.45, 7) is 0.0317. The number of methoxy groups -OCH3 is 3. The van der Waals surface area contributed by atoms with Crippen molar-refractivity contribution in [2.75, 3.05) is 28.4 Å². The third-order valence-electron chi connectivity index (χ3n) is 5.96. The zero-order valence-corrected chi connectivity index (χ0v) is 23.4. The van der Waals surface area contributed by atoms with Gasteiger partial charge in [-0.15, -0.1) is 0 Å². The van der Waals surface area contributed by atoms with Gasteiger partial charge in [0.05, 0.1) is 36.4 Å². The number of carbonyl (C=O) groups is 2. The molecule has 0 fully saturated rings. The van der Waals surface area contributed by atoms with Gasteiger partial charge in [-0.2, -0.15) is 9.30 Å². The summed E-state index contributed by atoms with van der Waals surface area (Å²) < 4.78 is 45.2. The van der Waals surface area contributed by atoms with Crippen LogP contribution in [0.3, 0.4) is 0 Å². The number of rotatable bonds is 9. The van der Waals surface area contributed by atoms with Crippen molar-refractivity contribution >= 4 is 43.5 Å². The molecule has 0 spiro atoms. The first-order valence-electron chi connectivity index (χ1n) is 11.7. The molecule has 12 heteroatoms. The summed E-state index contributed by atoms with van der Waals surface area (Å²) in [6, 6.07) is 18.3. The van der Waals surface area contributed by atoms with Crippen LogP contribution in [0.25, 0.3) is 10.2 Å². The Labute approximate surface area is 229 Å². The lowest BCUT2D eigenvalue weighted by Crippen LogP contribution is -2.26. The highest BCUT2D eigenvalue weighted by molar-refractivity contribution is 7.89. The van der Waals surface area contributed by atoms with Gasteiger partial charge in [-0.3, -0.25) is 9.59 Å². The third-order valence-corrected chi connectivity index (χ3v) is 8.82. The Morgan fingerprint density at radius 2 is 1.59 bits per heavy atom. The molecule has 0 saturated carbocycles. The lowest BCUT2D eigenvalue weighted by Gasteiger charge is -2.17. The van der Waals surface area contributed by atoms with Gasteiger partial charge in [0.25, 0.3) is 5.91 Å². The Kier molecular flexibility index (Phi) is 8.48. The molecule has 1 amide bonds. The van der Waals surface area contributed by atoms with E-state index in [-0.39, 0.29) is 28.3 Å². The maximum Gasteiger partial charge on any atom is 0.325 e. The van der Waals surface area contributed by atoms with E-state index in [1.54, 1.807) is 16.7 Å². The number of nitrogens with zero attached hydrogens (tertiary/aromatic N) is 3. The lowest BCUT2D eigenvalue weighted by molar-refractivity contribution is -0.141. The number of hydrogen-bond donors (Lipinski definition) is 0. The summed E-state index contributed by atoms with van der Waals surface area (Å²) >= 11 is 1.19. The predicted molar refractivity (Wildman–Crippen MR) is 146 cm³/mol. The first-order chi connectivity index (χ1) is 18.7. The van der Waals surface area contributed by atoms with Crippen LogP contribution < -0.4 is 14.3 Å². The Bertz CT molecular complexity index is 1680. The molecule has 0 aliphatic rings. The van der Waals surface area contributed by atoms with Gasteiger partial charge in [0.15, 0.2) is 16.3 Å². The number of sulfonamides is 1. The van der Waals surface area contributed by atoms with E-state index in [1.807, 2.05) is 30.3 Å². The molecule has 4 aromatic rings. The van der Waals surface area contributed by atoms with Crippen molar-refractivity contribution in [2.24, 2.45) is 4.99 Å². The number of ether oxygens (including phenoxy) is 3. The van der Waals surface area contributed by atoms with E-state index >= 15 is 0 Å². The van der Waals surface area contributed by atoms with E-state index in [2.05, 4.69) is 4.99 Å². The van der Waals surface area contributed by atoms with E-state index in [4.69, 9.17) is 14.2 Å². The minimum Gasteiger partial charge on any atom is -0.493 e. The molecule has 1 aromatic heterocycles. The number of aromatic nitrogens is 1. The van der Waals surface area contributed by atoms with Gasteiger partial charge in [0.1, 0.15) is 6.54 Å². The standard InChI is InChI=1S/C27H27N3O7S2/c1-29(16-18-8-6-5-7-9-18)39(33,34)20-12-10-19(11-13-20)26(32)28-27-30(17-25(31)37-4)21-14-22(35-2)23(36-3)15-24(21)38-27/h5-15H,16-17H2,1-4H3. The topological polar surface area (TPSA) is 117 Å². The van der Waals surface area contributed by atoms with E-state index < -0.39 is 21.9 Å². The molecule has 39 heavy (non-hydrogen) atoms. The van der Waals surface area contributed by atoms with Crippen molar-refractivity contribution in [2.45, 2.75) is 18.0 Å². The molecule has 204 valence electrons. The van der Waals surface area contributed by atoms with Crippen molar-refractivity contribution in [3.63, 3.8) is 0 Å². The Morgan fingerprint density at radius 1 is 0.949 bits per heavy atom. The van der Waals surface area contributed by atoms with Crippen molar-refractivity contribution in [1.29, 1.82) is 0 Å². The number of fused-ring (bicyclic) bond motifs is 1. The summed E-state index contributed by atoms with van der Waals surface area (Å²) in [5.74, 6) is -0.176. The number of amides is 1.